The molecule has 5 aromatic rings. The maximum absolute atomic E-state index is 13.8. The zero-order valence-corrected chi connectivity index (χ0v) is 24.5. The molecule has 1 aliphatic rings. The number of aryl methyl sites for hydroxylation is 3. The second-order valence-electron chi connectivity index (χ2n) is 10.7. The number of carbonyl (C=O) groups excluding carboxylic acids is 1. The molecule has 0 aliphatic heterocycles. The molecule has 0 unspecified atom stereocenters. The van der Waals surface area contributed by atoms with Crippen molar-refractivity contribution < 1.29 is 4.79 Å². The van der Waals surface area contributed by atoms with E-state index < -0.39 is 0 Å². The fourth-order valence-corrected chi connectivity index (χ4v) is 6.96. The number of para-hydroxylation sites is 1. The molecule has 2 N–H and O–H groups in total. The zero-order chi connectivity index (χ0) is 28.3. The number of fused-ring (bicyclic) bond motifs is 1. The largest absolute Gasteiger partial charge is 0.356 e. The molecule has 0 spiro atoms. The number of hydrogen-bond acceptors (Lipinski definition) is 4. The molecule has 0 saturated carbocycles. The number of rotatable bonds is 7. The molecule has 2 heterocycles. The van der Waals surface area contributed by atoms with Crippen molar-refractivity contribution in [3.05, 3.63) is 123 Å². The highest BCUT2D eigenvalue weighted by molar-refractivity contribution is 7.15. The van der Waals surface area contributed by atoms with Gasteiger partial charge in [0, 0.05) is 45.1 Å². The average Bonchev–Trinajstić information content (AvgIpc) is 3.50. The summed E-state index contributed by atoms with van der Waals surface area (Å²) in [5, 5.41) is 7.58. The van der Waals surface area contributed by atoms with Crippen molar-refractivity contribution in [3.8, 4) is 5.00 Å². The minimum Gasteiger partial charge on any atom is -0.356 e. The lowest BCUT2D eigenvalue weighted by Gasteiger charge is -2.14. The van der Waals surface area contributed by atoms with Crippen molar-refractivity contribution in [2.75, 3.05) is 10.6 Å². The summed E-state index contributed by atoms with van der Waals surface area (Å²) in [4.78, 5) is 19.9. The molecule has 1 aliphatic carbocycles. The van der Waals surface area contributed by atoms with Crippen LogP contribution in [-0.2, 0) is 12.8 Å². The number of anilines is 3. The summed E-state index contributed by atoms with van der Waals surface area (Å²) in [6.07, 6.45) is 6.21. The monoisotopic (exact) mass is 558 g/mol. The van der Waals surface area contributed by atoms with Gasteiger partial charge in [0.25, 0.3) is 5.91 Å². The van der Waals surface area contributed by atoms with Gasteiger partial charge in [-0.1, -0.05) is 35.9 Å². The van der Waals surface area contributed by atoms with E-state index in [-0.39, 0.29) is 5.91 Å². The number of aliphatic imine (C=N–C) groups is 1. The van der Waals surface area contributed by atoms with Crippen LogP contribution in [0.2, 0.25) is 0 Å². The van der Waals surface area contributed by atoms with Crippen LogP contribution in [0.15, 0.2) is 89.9 Å². The topological polar surface area (TPSA) is 58.4 Å². The van der Waals surface area contributed by atoms with Crippen molar-refractivity contribution in [1.29, 1.82) is 0 Å². The number of thiophene rings is 1. The Kier molecular flexibility index (Phi) is 7.57. The lowest BCUT2D eigenvalue weighted by atomic mass is 9.95. The molecular formula is C35H34N4OS. The van der Waals surface area contributed by atoms with E-state index in [1.165, 1.54) is 22.4 Å². The quantitative estimate of drug-likeness (QED) is 0.196. The summed E-state index contributed by atoms with van der Waals surface area (Å²) in [6.45, 7) is 6.27. The van der Waals surface area contributed by atoms with Crippen LogP contribution in [0, 0.1) is 20.8 Å². The highest BCUT2D eigenvalue weighted by Gasteiger charge is 2.28. The number of aromatic nitrogens is 1. The molecule has 41 heavy (non-hydrogen) atoms. The van der Waals surface area contributed by atoms with Gasteiger partial charge in [-0.2, -0.15) is 0 Å². The molecule has 0 atom stereocenters. The molecule has 206 valence electrons. The van der Waals surface area contributed by atoms with Crippen LogP contribution < -0.4 is 10.6 Å². The van der Waals surface area contributed by atoms with Gasteiger partial charge >= 0.3 is 0 Å². The highest BCUT2D eigenvalue weighted by Crippen LogP contribution is 2.39. The van der Waals surface area contributed by atoms with Gasteiger partial charge in [0.15, 0.2) is 0 Å². The smallest absolute Gasteiger partial charge is 0.258 e. The van der Waals surface area contributed by atoms with E-state index in [1.807, 2.05) is 85.1 Å². The van der Waals surface area contributed by atoms with Crippen molar-refractivity contribution in [2.45, 2.75) is 46.5 Å². The van der Waals surface area contributed by atoms with Crippen molar-refractivity contribution >= 4 is 46.2 Å². The van der Waals surface area contributed by atoms with E-state index in [2.05, 4.69) is 42.0 Å². The second-order valence-corrected chi connectivity index (χ2v) is 11.8. The van der Waals surface area contributed by atoms with E-state index in [1.54, 1.807) is 11.3 Å². The highest BCUT2D eigenvalue weighted by atomic mass is 32.1. The Balaban J connectivity index is 1.28. The number of benzene rings is 3. The van der Waals surface area contributed by atoms with Crippen LogP contribution in [0.3, 0.4) is 0 Å². The van der Waals surface area contributed by atoms with Crippen LogP contribution in [0.5, 0.6) is 0 Å². The summed E-state index contributed by atoms with van der Waals surface area (Å²) in [5.41, 5.74) is 10.2. The third-order valence-corrected chi connectivity index (χ3v) is 8.92. The third-order valence-electron chi connectivity index (χ3n) is 7.65. The van der Waals surface area contributed by atoms with E-state index in [9.17, 15) is 4.79 Å². The van der Waals surface area contributed by atoms with E-state index in [0.717, 1.165) is 69.5 Å². The molecule has 0 saturated heterocycles. The molecule has 1 amide bonds. The predicted molar refractivity (Wildman–Crippen MR) is 172 cm³/mol. The molecule has 5 nitrogen and oxygen atoms in total. The summed E-state index contributed by atoms with van der Waals surface area (Å²) < 4.78 is 2.24. The van der Waals surface area contributed by atoms with Gasteiger partial charge in [0.2, 0.25) is 0 Å². The van der Waals surface area contributed by atoms with Gasteiger partial charge in [-0.3, -0.25) is 9.79 Å². The van der Waals surface area contributed by atoms with E-state index >= 15 is 0 Å². The Morgan fingerprint density at radius 3 is 2.29 bits per heavy atom. The summed E-state index contributed by atoms with van der Waals surface area (Å²) in [5.74, 6) is -0.0322. The van der Waals surface area contributed by atoms with Crippen LogP contribution in [-0.4, -0.2) is 16.7 Å². The van der Waals surface area contributed by atoms with Gasteiger partial charge in [0.05, 0.1) is 11.3 Å². The van der Waals surface area contributed by atoms with Crippen molar-refractivity contribution in [3.63, 3.8) is 0 Å². The second kappa shape index (κ2) is 11.6. The molecule has 0 radical (unpaired) electrons. The first-order valence-corrected chi connectivity index (χ1v) is 15.0. The van der Waals surface area contributed by atoms with E-state index in [4.69, 9.17) is 4.99 Å². The Morgan fingerprint density at radius 1 is 0.854 bits per heavy atom. The molecular weight excluding hydrogens is 524 g/mol. The molecule has 0 bridgehead atoms. The fraction of sp³-hybridized carbons (Fsp3) is 0.200. The Hall–Kier alpha value is -4.42. The van der Waals surface area contributed by atoms with Gasteiger partial charge in [-0.25, -0.2) is 0 Å². The van der Waals surface area contributed by atoms with Crippen molar-refractivity contribution in [2.24, 2.45) is 4.99 Å². The summed E-state index contributed by atoms with van der Waals surface area (Å²) in [7, 11) is 0. The van der Waals surface area contributed by atoms with Crippen LogP contribution in [0.25, 0.3) is 5.00 Å². The van der Waals surface area contributed by atoms with Gasteiger partial charge in [-0.15, -0.1) is 11.3 Å². The average molecular weight is 559 g/mol. The minimum absolute atomic E-state index is 0.0322. The molecule has 6 rings (SSSR count). The first-order valence-electron chi connectivity index (χ1n) is 14.1. The van der Waals surface area contributed by atoms with Crippen LogP contribution in [0.4, 0.5) is 22.7 Å². The number of nitrogens with one attached hydrogen (secondary N) is 2. The summed E-state index contributed by atoms with van der Waals surface area (Å²) in [6, 6.07) is 28.4. The maximum Gasteiger partial charge on any atom is 0.258 e. The molecule has 6 heteroatoms. The van der Waals surface area contributed by atoms with Gasteiger partial charge < -0.3 is 15.2 Å². The maximum atomic E-state index is 13.8. The standard InChI is InChI=1S/C35H34N4OS/c1-23-13-15-30(16-14-23)38-34(40)33-31-11-7-8-12-32(31)41-35(33)39-24(2)21-26(25(39)3)22-36-27-17-19-29(20-18-27)37-28-9-5-4-6-10-28/h4-6,9-10,13-22,37H,7-8,11-12H2,1-3H3,(H,38,40). The Morgan fingerprint density at radius 2 is 1.54 bits per heavy atom. The Labute approximate surface area is 245 Å². The van der Waals surface area contributed by atoms with Crippen LogP contribution >= 0.6 is 11.3 Å². The van der Waals surface area contributed by atoms with Gasteiger partial charge in [0.1, 0.15) is 5.00 Å². The number of amides is 1. The fourth-order valence-electron chi connectivity index (χ4n) is 5.47. The summed E-state index contributed by atoms with van der Waals surface area (Å²) >= 11 is 1.77. The molecule has 2 aromatic heterocycles. The molecule has 0 fully saturated rings. The minimum atomic E-state index is -0.0322. The predicted octanol–water partition coefficient (Wildman–Crippen LogP) is 9.09. The molecule has 3 aromatic carbocycles. The normalized spacial score (nSPS) is 12.9. The lowest BCUT2D eigenvalue weighted by molar-refractivity contribution is 0.102. The third kappa shape index (κ3) is 5.74. The zero-order valence-electron chi connectivity index (χ0n) is 23.7. The number of carbonyl (C=O) groups is 1. The number of nitrogens with zero attached hydrogens (tertiary/aromatic N) is 2. The first kappa shape index (κ1) is 26.8. The SMILES string of the molecule is Cc1ccc(NC(=O)c2c(-n3c(C)cc(C=Nc4ccc(Nc5ccccc5)cc4)c3C)sc3c2CCCC3)cc1. The Bertz CT molecular complexity index is 1710. The van der Waals surface area contributed by atoms with E-state index in [0.29, 0.717) is 0 Å². The number of hydrogen-bond donors (Lipinski definition) is 2. The lowest BCUT2D eigenvalue weighted by Crippen LogP contribution is -2.17. The van der Waals surface area contributed by atoms with Crippen LogP contribution in [0.1, 0.15) is 56.2 Å². The first-order chi connectivity index (χ1) is 20.0. The van der Waals surface area contributed by atoms with Gasteiger partial charge in [-0.05, 0) is 107 Å². The van der Waals surface area contributed by atoms with Crippen molar-refractivity contribution in [1.82, 2.24) is 4.57 Å².